The highest BCUT2D eigenvalue weighted by atomic mass is 35.5. The third-order valence-corrected chi connectivity index (χ3v) is 1.60. The predicted octanol–water partition coefficient (Wildman–Crippen LogP) is 2.14. The fourth-order valence-corrected chi connectivity index (χ4v) is 0.978. The zero-order valence-electron chi connectivity index (χ0n) is 12.3. The fourth-order valence-electron chi connectivity index (χ4n) is 0.806. The molecule has 0 unspecified atom stereocenters. The zero-order valence-corrected chi connectivity index (χ0v) is 7.09. The van der Waals surface area contributed by atoms with E-state index in [1.54, 1.807) is 0 Å². The standard InChI is InChI=1S/C9H9ClO3/c1-12-8-4-3-6(10)5-7(8)9(11)13-2/h3-5H,1-2H3/i1D3,2D3. The monoisotopic (exact) mass is 206 g/mol. The molecule has 3 nitrogen and oxygen atoms in total. The lowest BCUT2D eigenvalue weighted by Gasteiger charge is -2.06. The first-order chi connectivity index (χ1) is 8.48. The summed E-state index contributed by atoms with van der Waals surface area (Å²) >= 11 is 5.66. The van der Waals surface area contributed by atoms with Gasteiger partial charge < -0.3 is 9.47 Å². The van der Waals surface area contributed by atoms with Crippen molar-refractivity contribution in [2.75, 3.05) is 14.1 Å². The van der Waals surface area contributed by atoms with Crippen LogP contribution < -0.4 is 4.74 Å². The quantitative estimate of drug-likeness (QED) is 0.696. The van der Waals surface area contributed by atoms with E-state index in [0.29, 0.717) is 0 Å². The first-order valence-electron chi connectivity index (χ1n) is 6.20. The Labute approximate surface area is 89.6 Å². The lowest BCUT2D eigenvalue weighted by atomic mass is 10.2. The molecule has 0 bridgehead atoms. The molecular weight excluding hydrogens is 192 g/mol. The van der Waals surface area contributed by atoms with Crippen molar-refractivity contribution in [2.24, 2.45) is 0 Å². The molecule has 0 atom stereocenters. The van der Waals surface area contributed by atoms with Gasteiger partial charge in [0.2, 0.25) is 0 Å². The molecule has 0 spiro atoms. The van der Waals surface area contributed by atoms with Crippen molar-refractivity contribution in [3.8, 4) is 5.75 Å². The Morgan fingerprint density at radius 1 is 1.54 bits per heavy atom. The molecule has 0 amide bonds. The van der Waals surface area contributed by atoms with E-state index in [0.717, 1.165) is 12.1 Å². The molecule has 0 aliphatic carbocycles. The predicted molar refractivity (Wildman–Crippen MR) is 49.3 cm³/mol. The van der Waals surface area contributed by atoms with Crippen LogP contribution in [0.5, 0.6) is 5.75 Å². The van der Waals surface area contributed by atoms with Crippen LogP contribution in [0.4, 0.5) is 0 Å². The number of methoxy groups -OCH3 is 2. The maximum absolute atomic E-state index is 11.6. The van der Waals surface area contributed by atoms with Crippen LogP contribution >= 0.6 is 11.6 Å². The molecule has 0 heterocycles. The van der Waals surface area contributed by atoms with Gasteiger partial charge in [-0.1, -0.05) is 11.6 Å². The van der Waals surface area contributed by atoms with Crippen molar-refractivity contribution in [3.05, 3.63) is 28.8 Å². The van der Waals surface area contributed by atoms with E-state index >= 15 is 0 Å². The molecule has 0 aromatic heterocycles. The Balaban J connectivity index is 3.10. The minimum absolute atomic E-state index is 0.107. The molecule has 0 aliphatic rings. The molecule has 13 heavy (non-hydrogen) atoms. The Kier molecular flexibility index (Phi) is 1.38. The van der Waals surface area contributed by atoms with Crippen molar-refractivity contribution in [1.29, 1.82) is 0 Å². The number of halogens is 1. The van der Waals surface area contributed by atoms with Crippen molar-refractivity contribution >= 4 is 17.6 Å². The molecule has 1 rings (SSSR count). The molecular formula is C9H9ClO3. The van der Waals surface area contributed by atoms with E-state index in [1.807, 2.05) is 0 Å². The van der Waals surface area contributed by atoms with Crippen LogP contribution in [0.2, 0.25) is 5.02 Å². The highest BCUT2D eigenvalue weighted by Gasteiger charge is 2.12. The second-order valence-electron chi connectivity index (χ2n) is 2.13. The highest BCUT2D eigenvalue weighted by Crippen LogP contribution is 2.22. The van der Waals surface area contributed by atoms with Gasteiger partial charge in [0.1, 0.15) is 11.3 Å². The minimum Gasteiger partial charge on any atom is -0.496 e. The van der Waals surface area contributed by atoms with Crippen molar-refractivity contribution < 1.29 is 22.5 Å². The molecule has 0 fully saturated rings. The number of esters is 1. The molecule has 1 aromatic rings. The number of carbonyl (C=O) groups is 1. The van der Waals surface area contributed by atoms with Crippen molar-refractivity contribution in [3.63, 3.8) is 0 Å². The van der Waals surface area contributed by atoms with Crippen LogP contribution in [0.1, 0.15) is 18.6 Å². The van der Waals surface area contributed by atoms with Gasteiger partial charge in [-0.3, -0.25) is 0 Å². The summed E-state index contributed by atoms with van der Waals surface area (Å²) in [6.07, 6.45) is 0. The summed E-state index contributed by atoms with van der Waals surface area (Å²) in [5.74, 6) is -1.58. The summed E-state index contributed by atoms with van der Waals surface area (Å²) in [7, 11) is -5.74. The van der Waals surface area contributed by atoms with Gasteiger partial charge in [-0.15, -0.1) is 0 Å². The maximum atomic E-state index is 11.6. The highest BCUT2D eigenvalue weighted by molar-refractivity contribution is 6.31. The Morgan fingerprint density at radius 3 is 3.08 bits per heavy atom. The van der Waals surface area contributed by atoms with Crippen molar-refractivity contribution in [2.45, 2.75) is 0 Å². The first kappa shape index (κ1) is 4.33. The van der Waals surface area contributed by atoms with Crippen LogP contribution in [-0.4, -0.2) is 20.0 Å². The number of hydrogen-bond donors (Lipinski definition) is 0. The average Bonchev–Trinajstić information content (AvgIpc) is 2.16. The van der Waals surface area contributed by atoms with E-state index in [4.69, 9.17) is 19.8 Å². The van der Waals surface area contributed by atoms with Crippen LogP contribution in [0.15, 0.2) is 18.2 Å². The molecule has 1 aromatic carbocycles. The number of rotatable bonds is 2. The molecule has 0 aliphatic heterocycles. The molecule has 0 radical (unpaired) electrons. The minimum atomic E-state index is -2.95. The molecule has 0 N–H and O–H groups in total. The summed E-state index contributed by atoms with van der Waals surface area (Å²) in [6, 6.07) is 3.51. The summed E-state index contributed by atoms with van der Waals surface area (Å²) < 4.78 is 50.1. The van der Waals surface area contributed by atoms with Crippen LogP contribution in [0, 0.1) is 0 Å². The normalized spacial score (nSPS) is 18.2. The lowest BCUT2D eigenvalue weighted by molar-refractivity contribution is 0.0597. The summed E-state index contributed by atoms with van der Waals surface area (Å²) in [5, 5.41) is 0.107. The van der Waals surface area contributed by atoms with Gasteiger partial charge in [0.25, 0.3) is 0 Å². The smallest absolute Gasteiger partial charge is 0.341 e. The van der Waals surface area contributed by atoms with Gasteiger partial charge in [0.05, 0.1) is 22.3 Å². The summed E-state index contributed by atoms with van der Waals surface area (Å²) in [5.41, 5.74) is -0.375. The summed E-state index contributed by atoms with van der Waals surface area (Å²) in [6.45, 7) is 0. The molecule has 0 saturated carbocycles. The van der Waals surface area contributed by atoms with Gasteiger partial charge in [-0.25, -0.2) is 4.79 Å². The Hall–Kier alpha value is -1.22. The third-order valence-electron chi connectivity index (χ3n) is 1.36. The zero-order chi connectivity index (χ0) is 14.8. The number of ether oxygens (including phenoxy) is 2. The summed E-state index contributed by atoms with van der Waals surface area (Å²) in [4.78, 5) is 11.6. The van der Waals surface area contributed by atoms with Gasteiger partial charge in [0, 0.05) is 5.02 Å². The lowest BCUT2D eigenvalue weighted by Crippen LogP contribution is -2.03. The van der Waals surface area contributed by atoms with Gasteiger partial charge in [-0.05, 0) is 18.2 Å². The second-order valence-corrected chi connectivity index (χ2v) is 2.57. The Bertz CT molecular complexity index is 482. The Morgan fingerprint density at radius 2 is 2.38 bits per heavy atom. The fraction of sp³-hybridized carbons (Fsp3) is 0.222. The van der Waals surface area contributed by atoms with Gasteiger partial charge in [-0.2, -0.15) is 0 Å². The van der Waals surface area contributed by atoms with E-state index < -0.39 is 20.0 Å². The largest absolute Gasteiger partial charge is 0.496 e. The van der Waals surface area contributed by atoms with Crippen LogP contribution in [0.25, 0.3) is 0 Å². The molecule has 70 valence electrons. The van der Waals surface area contributed by atoms with Gasteiger partial charge in [0.15, 0.2) is 0 Å². The number of hydrogen-bond acceptors (Lipinski definition) is 3. The van der Waals surface area contributed by atoms with Crippen molar-refractivity contribution in [1.82, 2.24) is 0 Å². The third kappa shape index (κ3) is 2.12. The second kappa shape index (κ2) is 4.14. The van der Waals surface area contributed by atoms with Gasteiger partial charge >= 0.3 is 5.97 Å². The van der Waals surface area contributed by atoms with E-state index in [-0.39, 0.29) is 16.3 Å². The molecule has 0 saturated heterocycles. The average molecular weight is 207 g/mol. The SMILES string of the molecule is [2H]C([2H])([2H])OC(=O)c1cc(Cl)ccc1OC([2H])([2H])[2H]. The number of benzene rings is 1. The first-order valence-corrected chi connectivity index (χ1v) is 3.58. The molecule has 4 heteroatoms. The van der Waals surface area contributed by atoms with Crippen LogP contribution in [-0.2, 0) is 4.74 Å². The maximum Gasteiger partial charge on any atom is 0.341 e. The number of carbonyl (C=O) groups excluding carboxylic acids is 1. The van der Waals surface area contributed by atoms with E-state index in [1.165, 1.54) is 6.07 Å². The van der Waals surface area contributed by atoms with Crippen LogP contribution in [0.3, 0.4) is 0 Å². The van der Waals surface area contributed by atoms with E-state index in [2.05, 4.69) is 9.47 Å². The van der Waals surface area contributed by atoms with E-state index in [9.17, 15) is 4.79 Å². The topological polar surface area (TPSA) is 35.5 Å².